The Hall–Kier alpha value is -4.39. The number of hydrogen-bond acceptors (Lipinski definition) is 8. The smallest absolute Gasteiger partial charge is 0.257 e. The molecular formula is C25H22FN5O4. The number of nitrogens with zero attached hydrogens (tertiary/aromatic N) is 5. The molecular weight excluding hydrogens is 453 g/mol. The molecule has 5 rings (SSSR count). The summed E-state index contributed by atoms with van der Waals surface area (Å²) in [7, 11) is 1.37. The van der Waals surface area contributed by atoms with Crippen molar-refractivity contribution < 1.29 is 23.4 Å². The molecule has 2 aromatic heterocycles. The lowest BCUT2D eigenvalue weighted by Gasteiger charge is -2.31. The average Bonchev–Trinajstić information content (AvgIpc) is 3.37. The number of carbonyl (C=O) groups excluding carboxylic acids is 1. The number of methoxy groups -OCH3 is 1. The van der Waals surface area contributed by atoms with Crippen molar-refractivity contribution in [3.05, 3.63) is 60.6 Å². The van der Waals surface area contributed by atoms with Crippen LogP contribution >= 0.6 is 0 Å². The second-order valence-corrected chi connectivity index (χ2v) is 8.03. The van der Waals surface area contributed by atoms with Crippen LogP contribution in [0.3, 0.4) is 0 Å². The Morgan fingerprint density at radius 2 is 2.06 bits per heavy atom. The summed E-state index contributed by atoms with van der Waals surface area (Å²) in [6.07, 6.45) is 9.50. The van der Waals surface area contributed by atoms with Gasteiger partial charge in [-0.2, -0.15) is 0 Å². The first-order chi connectivity index (χ1) is 17.1. The molecule has 9 nitrogen and oxygen atoms in total. The minimum absolute atomic E-state index is 0.00869. The van der Waals surface area contributed by atoms with Crippen molar-refractivity contribution in [3.8, 4) is 29.4 Å². The zero-order valence-electron chi connectivity index (χ0n) is 19.0. The SMILES string of the molecule is COc1ncc(N2CCOc3ccc(OC#CC4CCN(C(=O)c5cncnc5)C4)cc32)cc1F. The number of carbonyl (C=O) groups is 1. The number of halogens is 1. The molecule has 1 unspecified atom stereocenters. The number of fused-ring (bicyclic) bond motifs is 1. The van der Waals surface area contributed by atoms with E-state index in [1.54, 1.807) is 29.3 Å². The summed E-state index contributed by atoms with van der Waals surface area (Å²) in [5.74, 6) is 3.59. The van der Waals surface area contributed by atoms with E-state index in [0.29, 0.717) is 49.0 Å². The fraction of sp³-hybridized carbons (Fsp3) is 0.280. The van der Waals surface area contributed by atoms with Crippen molar-refractivity contribution in [2.45, 2.75) is 6.42 Å². The van der Waals surface area contributed by atoms with Crippen LogP contribution in [-0.4, -0.2) is 59.1 Å². The molecule has 1 saturated heterocycles. The molecule has 0 spiro atoms. The molecule has 3 aromatic rings. The van der Waals surface area contributed by atoms with E-state index in [4.69, 9.17) is 14.2 Å². The number of ether oxygens (including phenoxy) is 3. The number of hydrogen-bond donors (Lipinski definition) is 0. The van der Waals surface area contributed by atoms with Gasteiger partial charge in [0.05, 0.1) is 36.8 Å². The van der Waals surface area contributed by atoms with Gasteiger partial charge in [0.1, 0.15) is 30.5 Å². The maximum absolute atomic E-state index is 14.2. The molecule has 10 heteroatoms. The van der Waals surface area contributed by atoms with E-state index >= 15 is 0 Å². The minimum atomic E-state index is -0.541. The Labute approximate surface area is 201 Å². The summed E-state index contributed by atoms with van der Waals surface area (Å²) < 4.78 is 30.6. The van der Waals surface area contributed by atoms with Gasteiger partial charge in [-0.25, -0.2) is 19.3 Å². The summed E-state index contributed by atoms with van der Waals surface area (Å²) in [5.41, 5.74) is 1.77. The highest BCUT2D eigenvalue weighted by Crippen LogP contribution is 2.39. The average molecular weight is 475 g/mol. The van der Waals surface area contributed by atoms with Gasteiger partial charge >= 0.3 is 0 Å². The summed E-state index contributed by atoms with van der Waals surface area (Å²) in [4.78, 5) is 28.0. The Kier molecular flexibility index (Phi) is 6.30. The first-order valence-corrected chi connectivity index (χ1v) is 11.1. The van der Waals surface area contributed by atoms with Crippen LogP contribution in [0.2, 0.25) is 0 Å². The molecule has 0 bridgehead atoms. The number of benzene rings is 1. The van der Waals surface area contributed by atoms with Gasteiger partial charge in [-0.15, -0.1) is 0 Å². The van der Waals surface area contributed by atoms with E-state index in [-0.39, 0.29) is 17.7 Å². The molecule has 2 aliphatic rings. The lowest BCUT2D eigenvalue weighted by atomic mass is 10.1. The lowest BCUT2D eigenvalue weighted by Crippen LogP contribution is -2.28. The normalized spacial score (nSPS) is 16.6. The summed E-state index contributed by atoms with van der Waals surface area (Å²) >= 11 is 0. The van der Waals surface area contributed by atoms with Crippen molar-refractivity contribution in [2.75, 3.05) is 38.3 Å². The summed E-state index contributed by atoms with van der Waals surface area (Å²) in [6, 6.07) is 6.74. The van der Waals surface area contributed by atoms with E-state index in [1.807, 2.05) is 4.90 Å². The quantitative estimate of drug-likeness (QED) is 0.532. The standard InChI is InChI=1S/C25H22FN5O4/c1-33-24-21(26)10-19(14-29-24)31-7-9-35-23-3-2-20(11-22(23)31)34-8-5-17-4-6-30(15-17)25(32)18-12-27-16-28-13-18/h2-3,10-14,16-17H,4,6-7,9,15H2,1H3. The molecule has 1 fully saturated rings. The van der Waals surface area contributed by atoms with Gasteiger partial charge in [0, 0.05) is 43.5 Å². The van der Waals surface area contributed by atoms with E-state index in [1.165, 1.54) is 31.9 Å². The van der Waals surface area contributed by atoms with E-state index in [2.05, 4.69) is 27.0 Å². The largest absolute Gasteiger partial charge is 0.490 e. The monoisotopic (exact) mass is 475 g/mol. The van der Waals surface area contributed by atoms with Crippen LogP contribution in [0, 0.1) is 23.8 Å². The topological polar surface area (TPSA) is 89.9 Å². The second-order valence-electron chi connectivity index (χ2n) is 8.03. The third-order valence-electron chi connectivity index (χ3n) is 5.81. The van der Waals surface area contributed by atoms with Crippen LogP contribution < -0.4 is 19.1 Å². The van der Waals surface area contributed by atoms with Gasteiger partial charge in [0.25, 0.3) is 5.91 Å². The highest BCUT2D eigenvalue weighted by molar-refractivity contribution is 5.93. The first-order valence-electron chi connectivity index (χ1n) is 11.1. The van der Waals surface area contributed by atoms with E-state index in [9.17, 15) is 9.18 Å². The van der Waals surface area contributed by atoms with Crippen LogP contribution in [-0.2, 0) is 0 Å². The Morgan fingerprint density at radius 1 is 1.20 bits per heavy atom. The number of aromatic nitrogens is 3. The molecule has 1 amide bonds. The molecule has 1 aromatic carbocycles. The van der Waals surface area contributed by atoms with Crippen molar-refractivity contribution >= 4 is 17.3 Å². The molecule has 178 valence electrons. The highest BCUT2D eigenvalue weighted by Gasteiger charge is 2.26. The van der Waals surface area contributed by atoms with Crippen LogP contribution in [0.4, 0.5) is 15.8 Å². The third-order valence-corrected chi connectivity index (χ3v) is 5.81. The van der Waals surface area contributed by atoms with Crippen molar-refractivity contribution in [1.29, 1.82) is 0 Å². The van der Waals surface area contributed by atoms with Crippen molar-refractivity contribution in [1.82, 2.24) is 19.9 Å². The number of anilines is 2. The Balaban J connectivity index is 1.26. The van der Waals surface area contributed by atoms with Gasteiger partial charge in [0.15, 0.2) is 5.82 Å². The van der Waals surface area contributed by atoms with Gasteiger partial charge < -0.3 is 24.0 Å². The summed E-state index contributed by atoms with van der Waals surface area (Å²) in [6.45, 7) is 2.11. The van der Waals surface area contributed by atoms with Crippen LogP contribution in [0.1, 0.15) is 16.8 Å². The minimum Gasteiger partial charge on any atom is -0.490 e. The van der Waals surface area contributed by atoms with Crippen LogP contribution in [0.15, 0.2) is 49.2 Å². The third kappa shape index (κ3) is 4.80. The van der Waals surface area contributed by atoms with Crippen molar-refractivity contribution in [3.63, 3.8) is 0 Å². The molecule has 0 radical (unpaired) electrons. The van der Waals surface area contributed by atoms with E-state index < -0.39 is 5.82 Å². The predicted octanol–water partition coefficient (Wildman–Crippen LogP) is 3.05. The zero-order valence-corrected chi connectivity index (χ0v) is 19.0. The molecule has 4 heterocycles. The molecule has 35 heavy (non-hydrogen) atoms. The van der Waals surface area contributed by atoms with Crippen molar-refractivity contribution in [2.24, 2.45) is 5.92 Å². The van der Waals surface area contributed by atoms with Gasteiger partial charge in [-0.1, -0.05) is 5.92 Å². The Morgan fingerprint density at radius 3 is 2.86 bits per heavy atom. The number of amides is 1. The van der Waals surface area contributed by atoms with E-state index in [0.717, 1.165) is 12.1 Å². The van der Waals surface area contributed by atoms with Crippen LogP contribution in [0.25, 0.3) is 0 Å². The summed E-state index contributed by atoms with van der Waals surface area (Å²) in [5, 5.41) is 0. The lowest BCUT2D eigenvalue weighted by molar-refractivity contribution is 0.0789. The fourth-order valence-electron chi connectivity index (χ4n) is 4.07. The molecule has 0 saturated carbocycles. The Bertz CT molecular complexity index is 1290. The highest BCUT2D eigenvalue weighted by atomic mass is 19.1. The maximum atomic E-state index is 14.2. The molecule has 2 aliphatic heterocycles. The molecule has 0 aliphatic carbocycles. The second kappa shape index (κ2) is 9.85. The molecule has 0 N–H and O–H groups in total. The fourth-order valence-corrected chi connectivity index (χ4v) is 4.07. The maximum Gasteiger partial charge on any atom is 0.257 e. The molecule has 1 atom stereocenters. The first kappa shape index (κ1) is 22.4. The van der Waals surface area contributed by atoms with Crippen LogP contribution in [0.5, 0.6) is 17.4 Å². The van der Waals surface area contributed by atoms with Gasteiger partial charge in [0.2, 0.25) is 5.88 Å². The van der Waals surface area contributed by atoms with Gasteiger partial charge in [-0.3, -0.25) is 4.79 Å². The number of likely N-dealkylation sites (tertiary alicyclic amines) is 1. The van der Waals surface area contributed by atoms with Gasteiger partial charge in [-0.05, 0) is 18.6 Å². The number of pyridine rings is 1. The zero-order chi connectivity index (χ0) is 24.2. The number of rotatable bonds is 4. The predicted molar refractivity (Wildman–Crippen MR) is 124 cm³/mol.